The highest BCUT2D eigenvalue weighted by Crippen LogP contribution is 2.33. The molecule has 0 bridgehead atoms. The van der Waals surface area contributed by atoms with Crippen LogP contribution in [-0.4, -0.2) is 32.1 Å². The van der Waals surface area contributed by atoms with Crippen molar-refractivity contribution >= 4 is 18.3 Å². The lowest BCUT2D eigenvalue weighted by molar-refractivity contribution is -0.134. The fourth-order valence-electron chi connectivity index (χ4n) is 3.29. The predicted octanol–water partition coefficient (Wildman–Crippen LogP) is 2.30. The molecule has 0 aromatic heterocycles. The van der Waals surface area contributed by atoms with Crippen LogP contribution in [0.3, 0.4) is 0 Å². The molecule has 2 aliphatic rings. The standard InChI is InChI=1S/C17H24N2O2.ClH/c20-17(19-12-13-8-9-18-11-13)15-7-4-10-21-16(15)14-5-2-1-3-6-14;/h1-3,5-6,13,15-16,18H,4,7-12H2,(H,19,20);1H. The van der Waals surface area contributed by atoms with Gasteiger partial charge >= 0.3 is 0 Å². The number of hydrogen-bond acceptors (Lipinski definition) is 3. The molecule has 0 spiro atoms. The zero-order valence-electron chi connectivity index (χ0n) is 12.8. The number of amides is 1. The number of carbonyl (C=O) groups excluding carboxylic acids is 1. The van der Waals surface area contributed by atoms with Crippen LogP contribution in [0.4, 0.5) is 0 Å². The Morgan fingerprint density at radius 2 is 2.09 bits per heavy atom. The molecule has 3 unspecified atom stereocenters. The summed E-state index contributed by atoms with van der Waals surface area (Å²) >= 11 is 0. The van der Waals surface area contributed by atoms with Gasteiger partial charge in [-0.1, -0.05) is 30.3 Å². The van der Waals surface area contributed by atoms with Gasteiger partial charge in [-0.25, -0.2) is 0 Å². The Balaban J connectivity index is 0.00000176. The number of halogens is 1. The number of carbonyl (C=O) groups is 1. The van der Waals surface area contributed by atoms with Crippen molar-refractivity contribution in [1.29, 1.82) is 0 Å². The monoisotopic (exact) mass is 324 g/mol. The van der Waals surface area contributed by atoms with E-state index in [1.165, 1.54) is 0 Å². The maximum absolute atomic E-state index is 12.5. The molecule has 2 aliphatic heterocycles. The maximum Gasteiger partial charge on any atom is 0.226 e. The van der Waals surface area contributed by atoms with Crippen LogP contribution in [0.25, 0.3) is 0 Å². The fraction of sp³-hybridized carbons (Fsp3) is 0.588. The van der Waals surface area contributed by atoms with E-state index in [0.717, 1.165) is 51.1 Å². The second-order valence-electron chi connectivity index (χ2n) is 6.05. The molecule has 5 heteroatoms. The van der Waals surface area contributed by atoms with Crippen molar-refractivity contribution < 1.29 is 9.53 Å². The first-order valence-corrected chi connectivity index (χ1v) is 7.99. The summed E-state index contributed by atoms with van der Waals surface area (Å²) in [6.07, 6.45) is 2.94. The van der Waals surface area contributed by atoms with Crippen molar-refractivity contribution in [2.75, 3.05) is 26.2 Å². The average Bonchev–Trinajstić information content (AvgIpc) is 3.07. The number of hydrogen-bond donors (Lipinski definition) is 2. The molecule has 2 saturated heterocycles. The van der Waals surface area contributed by atoms with E-state index in [4.69, 9.17) is 4.74 Å². The quantitative estimate of drug-likeness (QED) is 0.893. The zero-order valence-corrected chi connectivity index (χ0v) is 13.6. The van der Waals surface area contributed by atoms with Crippen LogP contribution in [0.15, 0.2) is 30.3 Å². The third-order valence-corrected chi connectivity index (χ3v) is 4.51. The van der Waals surface area contributed by atoms with Gasteiger partial charge < -0.3 is 15.4 Å². The Morgan fingerprint density at radius 1 is 1.27 bits per heavy atom. The SMILES string of the molecule is Cl.O=C(NCC1CCNC1)C1CCCOC1c1ccccc1. The molecular formula is C17H25ClN2O2. The Labute approximate surface area is 138 Å². The number of nitrogens with one attached hydrogen (secondary N) is 2. The Bertz CT molecular complexity index is 463. The van der Waals surface area contributed by atoms with Crippen molar-refractivity contribution in [2.45, 2.75) is 25.4 Å². The van der Waals surface area contributed by atoms with Gasteiger partial charge in [-0.3, -0.25) is 4.79 Å². The number of ether oxygens (including phenoxy) is 1. The van der Waals surface area contributed by atoms with Crippen molar-refractivity contribution in [3.63, 3.8) is 0 Å². The van der Waals surface area contributed by atoms with E-state index in [1.54, 1.807) is 0 Å². The normalized spacial score (nSPS) is 27.9. The third kappa shape index (κ3) is 4.22. The van der Waals surface area contributed by atoms with Gasteiger partial charge in [-0.2, -0.15) is 0 Å². The van der Waals surface area contributed by atoms with Gasteiger partial charge in [0.15, 0.2) is 0 Å². The molecule has 4 nitrogen and oxygen atoms in total. The molecule has 0 aliphatic carbocycles. The first-order chi connectivity index (χ1) is 10.3. The minimum absolute atomic E-state index is 0. The Kier molecular flexibility index (Phi) is 6.68. The van der Waals surface area contributed by atoms with E-state index >= 15 is 0 Å². The number of benzene rings is 1. The van der Waals surface area contributed by atoms with Crippen LogP contribution >= 0.6 is 12.4 Å². The minimum Gasteiger partial charge on any atom is -0.373 e. The van der Waals surface area contributed by atoms with Crippen molar-refractivity contribution in [3.05, 3.63) is 35.9 Å². The van der Waals surface area contributed by atoms with Crippen molar-refractivity contribution in [3.8, 4) is 0 Å². The summed E-state index contributed by atoms with van der Waals surface area (Å²) in [4.78, 5) is 12.5. The zero-order chi connectivity index (χ0) is 14.5. The highest BCUT2D eigenvalue weighted by Gasteiger charge is 2.33. The highest BCUT2D eigenvalue weighted by molar-refractivity contribution is 5.85. The molecule has 122 valence electrons. The van der Waals surface area contributed by atoms with Gasteiger partial charge in [0.1, 0.15) is 0 Å². The lowest BCUT2D eigenvalue weighted by Crippen LogP contribution is -2.39. The molecule has 2 heterocycles. The van der Waals surface area contributed by atoms with Gasteiger partial charge in [-0.05, 0) is 43.8 Å². The first kappa shape index (κ1) is 17.3. The van der Waals surface area contributed by atoms with Gasteiger partial charge in [0, 0.05) is 13.2 Å². The Morgan fingerprint density at radius 3 is 2.82 bits per heavy atom. The van der Waals surface area contributed by atoms with Crippen LogP contribution in [0.5, 0.6) is 0 Å². The molecular weight excluding hydrogens is 300 g/mol. The molecule has 3 atom stereocenters. The van der Waals surface area contributed by atoms with Crippen LogP contribution in [0.2, 0.25) is 0 Å². The summed E-state index contributed by atoms with van der Waals surface area (Å²) in [6.45, 7) is 3.61. The third-order valence-electron chi connectivity index (χ3n) is 4.51. The fourth-order valence-corrected chi connectivity index (χ4v) is 3.29. The van der Waals surface area contributed by atoms with E-state index in [-0.39, 0.29) is 30.3 Å². The van der Waals surface area contributed by atoms with Crippen molar-refractivity contribution in [2.24, 2.45) is 11.8 Å². The molecule has 1 aromatic rings. The summed E-state index contributed by atoms with van der Waals surface area (Å²) in [5.41, 5.74) is 1.11. The lowest BCUT2D eigenvalue weighted by atomic mass is 9.88. The minimum atomic E-state index is -0.0957. The molecule has 1 amide bonds. The molecule has 22 heavy (non-hydrogen) atoms. The highest BCUT2D eigenvalue weighted by atomic mass is 35.5. The van der Waals surface area contributed by atoms with Crippen LogP contribution in [0, 0.1) is 11.8 Å². The Hall–Kier alpha value is -1.10. The summed E-state index contributed by atoms with van der Waals surface area (Å²) in [6, 6.07) is 10.1. The van der Waals surface area contributed by atoms with Gasteiger partial charge in [-0.15, -0.1) is 12.4 Å². The molecule has 1 aromatic carbocycles. The molecule has 0 saturated carbocycles. The summed E-state index contributed by atoms with van der Waals surface area (Å²) in [7, 11) is 0. The van der Waals surface area contributed by atoms with E-state index < -0.39 is 0 Å². The molecule has 3 rings (SSSR count). The molecule has 2 N–H and O–H groups in total. The number of rotatable bonds is 4. The molecule has 0 radical (unpaired) electrons. The van der Waals surface area contributed by atoms with Gasteiger partial charge in [0.05, 0.1) is 12.0 Å². The topological polar surface area (TPSA) is 50.4 Å². The van der Waals surface area contributed by atoms with E-state index in [9.17, 15) is 4.79 Å². The van der Waals surface area contributed by atoms with E-state index in [2.05, 4.69) is 22.8 Å². The smallest absolute Gasteiger partial charge is 0.226 e. The van der Waals surface area contributed by atoms with Crippen molar-refractivity contribution in [1.82, 2.24) is 10.6 Å². The lowest BCUT2D eigenvalue weighted by Gasteiger charge is -2.31. The second kappa shape index (κ2) is 8.51. The van der Waals surface area contributed by atoms with E-state index in [1.807, 2.05) is 18.2 Å². The predicted molar refractivity (Wildman–Crippen MR) is 89.1 cm³/mol. The van der Waals surface area contributed by atoms with E-state index in [0.29, 0.717) is 5.92 Å². The summed E-state index contributed by atoms with van der Waals surface area (Å²) in [5, 5.41) is 6.47. The summed E-state index contributed by atoms with van der Waals surface area (Å²) in [5.74, 6) is 0.666. The van der Waals surface area contributed by atoms with Crippen LogP contribution < -0.4 is 10.6 Å². The second-order valence-corrected chi connectivity index (χ2v) is 6.05. The maximum atomic E-state index is 12.5. The summed E-state index contributed by atoms with van der Waals surface area (Å²) < 4.78 is 5.90. The largest absolute Gasteiger partial charge is 0.373 e. The molecule has 2 fully saturated rings. The van der Waals surface area contributed by atoms with Gasteiger partial charge in [0.25, 0.3) is 0 Å². The van der Waals surface area contributed by atoms with Crippen LogP contribution in [0.1, 0.15) is 30.9 Å². The van der Waals surface area contributed by atoms with Gasteiger partial charge in [0.2, 0.25) is 5.91 Å². The average molecular weight is 325 g/mol. The van der Waals surface area contributed by atoms with Crippen LogP contribution in [-0.2, 0) is 9.53 Å². The first-order valence-electron chi connectivity index (χ1n) is 7.99.